The highest BCUT2D eigenvalue weighted by atomic mass is 16.2. The molecule has 2 heterocycles. The molecule has 4 rings (SSSR count). The highest BCUT2D eigenvalue weighted by molar-refractivity contribution is 6.08. The SMILES string of the molecule is O=C(NC1CC1)C1(C(=O)N2CCN(c3ncccn3)CC2)CC1. The molecular formula is C16H21N5O2. The maximum atomic E-state index is 12.8. The van der Waals surface area contributed by atoms with Gasteiger partial charge < -0.3 is 15.1 Å². The third-order valence-corrected chi connectivity index (χ3v) is 4.91. The van der Waals surface area contributed by atoms with Gasteiger partial charge >= 0.3 is 0 Å². The Kier molecular flexibility index (Phi) is 3.43. The molecule has 0 bridgehead atoms. The quantitative estimate of drug-likeness (QED) is 0.802. The fourth-order valence-electron chi connectivity index (χ4n) is 3.08. The van der Waals surface area contributed by atoms with Crippen molar-refractivity contribution in [2.75, 3.05) is 31.1 Å². The Balaban J connectivity index is 1.36. The zero-order valence-corrected chi connectivity index (χ0v) is 13.1. The number of piperazine rings is 1. The van der Waals surface area contributed by atoms with Crippen LogP contribution in [0.4, 0.5) is 5.95 Å². The van der Waals surface area contributed by atoms with E-state index in [1.54, 1.807) is 18.5 Å². The second-order valence-corrected chi connectivity index (χ2v) is 6.66. The van der Waals surface area contributed by atoms with Gasteiger partial charge in [0.1, 0.15) is 5.41 Å². The normalized spacial score (nSPS) is 22.6. The molecule has 23 heavy (non-hydrogen) atoms. The smallest absolute Gasteiger partial charge is 0.238 e. The van der Waals surface area contributed by atoms with E-state index in [-0.39, 0.29) is 11.8 Å². The van der Waals surface area contributed by atoms with Gasteiger partial charge in [-0.2, -0.15) is 0 Å². The number of nitrogens with zero attached hydrogens (tertiary/aromatic N) is 4. The third kappa shape index (κ3) is 2.75. The zero-order chi connectivity index (χ0) is 15.9. The van der Waals surface area contributed by atoms with Crippen LogP contribution < -0.4 is 10.2 Å². The first-order valence-corrected chi connectivity index (χ1v) is 8.31. The van der Waals surface area contributed by atoms with E-state index in [2.05, 4.69) is 20.2 Å². The predicted octanol–water partition coefficient (Wildman–Crippen LogP) is 0.184. The Morgan fingerprint density at radius 2 is 1.74 bits per heavy atom. The Hall–Kier alpha value is -2.18. The van der Waals surface area contributed by atoms with Crippen LogP contribution in [-0.4, -0.2) is 58.9 Å². The van der Waals surface area contributed by atoms with Gasteiger partial charge in [-0.15, -0.1) is 0 Å². The standard InChI is InChI=1S/C16H21N5O2/c22-13(19-12-2-3-12)16(4-5-16)14(23)20-8-10-21(11-9-20)15-17-6-1-7-18-15/h1,6-7,12H,2-5,8-11H2,(H,19,22). The van der Waals surface area contributed by atoms with E-state index < -0.39 is 5.41 Å². The average Bonchev–Trinajstić information content (AvgIpc) is 3.49. The first kappa shape index (κ1) is 14.4. The average molecular weight is 315 g/mol. The molecule has 3 fully saturated rings. The first-order valence-electron chi connectivity index (χ1n) is 8.31. The molecule has 0 atom stereocenters. The summed E-state index contributed by atoms with van der Waals surface area (Å²) in [4.78, 5) is 37.5. The summed E-state index contributed by atoms with van der Waals surface area (Å²) in [5.74, 6) is 0.648. The number of rotatable bonds is 4. The monoisotopic (exact) mass is 315 g/mol. The molecule has 0 aromatic carbocycles. The lowest BCUT2D eigenvalue weighted by molar-refractivity contribution is -0.144. The molecule has 122 valence electrons. The maximum Gasteiger partial charge on any atom is 0.238 e. The van der Waals surface area contributed by atoms with E-state index in [4.69, 9.17) is 0 Å². The van der Waals surface area contributed by atoms with Crippen molar-refractivity contribution < 1.29 is 9.59 Å². The Morgan fingerprint density at radius 3 is 2.30 bits per heavy atom. The lowest BCUT2D eigenvalue weighted by Crippen LogP contribution is -2.53. The minimum atomic E-state index is -0.770. The number of nitrogens with one attached hydrogen (secondary N) is 1. The molecule has 2 aliphatic carbocycles. The summed E-state index contributed by atoms with van der Waals surface area (Å²) in [5.41, 5.74) is -0.770. The van der Waals surface area contributed by atoms with Gasteiger partial charge in [-0.05, 0) is 31.7 Å². The summed E-state index contributed by atoms with van der Waals surface area (Å²) in [7, 11) is 0. The summed E-state index contributed by atoms with van der Waals surface area (Å²) in [6.45, 7) is 2.65. The summed E-state index contributed by atoms with van der Waals surface area (Å²) in [6, 6.07) is 2.10. The maximum absolute atomic E-state index is 12.8. The van der Waals surface area contributed by atoms with Crippen LogP contribution in [0.5, 0.6) is 0 Å². The van der Waals surface area contributed by atoms with E-state index in [1.165, 1.54) is 0 Å². The van der Waals surface area contributed by atoms with Crippen LogP contribution in [0.15, 0.2) is 18.5 Å². The number of amides is 2. The van der Waals surface area contributed by atoms with Crippen LogP contribution in [0.25, 0.3) is 0 Å². The number of carbonyl (C=O) groups is 2. The minimum absolute atomic E-state index is 0.00396. The van der Waals surface area contributed by atoms with Gasteiger partial charge in [-0.25, -0.2) is 9.97 Å². The molecule has 0 unspecified atom stereocenters. The number of anilines is 1. The molecular weight excluding hydrogens is 294 g/mol. The van der Waals surface area contributed by atoms with Gasteiger partial charge in [0.05, 0.1) is 0 Å². The van der Waals surface area contributed by atoms with Gasteiger partial charge in [0, 0.05) is 44.6 Å². The second kappa shape index (κ2) is 5.47. The topological polar surface area (TPSA) is 78.4 Å². The van der Waals surface area contributed by atoms with E-state index in [1.807, 2.05) is 4.90 Å². The van der Waals surface area contributed by atoms with E-state index in [9.17, 15) is 9.59 Å². The number of hydrogen-bond donors (Lipinski definition) is 1. The zero-order valence-electron chi connectivity index (χ0n) is 13.1. The predicted molar refractivity (Wildman–Crippen MR) is 83.7 cm³/mol. The highest BCUT2D eigenvalue weighted by Gasteiger charge is 2.58. The lowest BCUT2D eigenvalue weighted by atomic mass is 10.0. The molecule has 3 aliphatic rings. The first-order chi connectivity index (χ1) is 11.2. The molecule has 0 radical (unpaired) electrons. The van der Waals surface area contributed by atoms with Crippen LogP contribution in [0.3, 0.4) is 0 Å². The molecule has 1 aliphatic heterocycles. The van der Waals surface area contributed by atoms with Crippen LogP contribution >= 0.6 is 0 Å². The summed E-state index contributed by atoms with van der Waals surface area (Å²) in [5, 5.41) is 2.99. The minimum Gasteiger partial charge on any atom is -0.352 e. The Bertz CT molecular complexity index is 604. The second-order valence-electron chi connectivity index (χ2n) is 6.66. The van der Waals surface area contributed by atoms with Crippen LogP contribution in [0.1, 0.15) is 25.7 Å². The fraction of sp³-hybridized carbons (Fsp3) is 0.625. The lowest BCUT2D eigenvalue weighted by Gasteiger charge is -2.36. The van der Waals surface area contributed by atoms with Gasteiger partial charge in [0.25, 0.3) is 0 Å². The third-order valence-electron chi connectivity index (χ3n) is 4.91. The van der Waals surface area contributed by atoms with Crippen molar-refractivity contribution in [1.82, 2.24) is 20.2 Å². The summed E-state index contributed by atoms with van der Waals surface area (Å²) in [6.07, 6.45) is 6.92. The fourth-order valence-corrected chi connectivity index (χ4v) is 3.08. The van der Waals surface area contributed by atoms with Crippen molar-refractivity contribution in [3.8, 4) is 0 Å². The van der Waals surface area contributed by atoms with E-state index in [0.29, 0.717) is 51.0 Å². The van der Waals surface area contributed by atoms with Crippen LogP contribution in [-0.2, 0) is 9.59 Å². The summed E-state index contributed by atoms with van der Waals surface area (Å²) >= 11 is 0. The van der Waals surface area contributed by atoms with Gasteiger partial charge in [0.15, 0.2) is 0 Å². The molecule has 7 heteroatoms. The van der Waals surface area contributed by atoms with Crippen molar-refractivity contribution in [2.24, 2.45) is 5.41 Å². The molecule has 0 spiro atoms. The van der Waals surface area contributed by atoms with Gasteiger partial charge in [-0.1, -0.05) is 0 Å². The molecule has 1 saturated heterocycles. The van der Waals surface area contributed by atoms with E-state index in [0.717, 1.165) is 12.8 Å². The largest absolute Gasteiger partial charge is 0.352 e. The summed E-state index contributed by atoms with van der Waals surface area (Å²) < 4.78 is 0. The van der Waals surface area contributed by atoms with Crippen molar-refractivity contribution >= 4 is 17.8 Å². The molecule has 1 aromatic rings. The molecule has 1 N–H and O–H groups in total. The molecule has 1 aromatic heterocycles. The van der Waals surface area contributed by atoms with Crippen LogP contribution in [0.2, 0.25) is 0 Å². The Labute approximate surface area is 135 Å². The van der Waals surface area contributed by atoms with Gasteiger partial charge in [-0.3, -0.25) is 9.59 Å². The molecule has 2 amide bonds. The molecule has 7 nitrogen and oxygen atoms in total. The Morgan fingerprint density at radius 1 is 1.09 bits per heavy atom. The van der Waals surface area contributed by atoms with Crippen molar-refractivity contribution in [2.45, 2.75) is 31.7 Å². The number of hydrogen-bond acceptors (Lipinski definition) is 5. The van der Waals surface area contributed by atoms with Crippen LogP contribution in [0, 0.1) is 5.41 Å². The van der Waals surface area contributed by atoms with Crippen molar-refractivity contribution in [3.63, 3.8) is 0 Å². The number of carbonyl (C=O) groups excluding carboxylic acids is 2. The highest BCUT2D eigenvalue weighted by Crippen LogP contribution is 2.48. The van der Waals surface area contributed by atoms with Gasteiger partial charge in [0.2, 0.25) is 17.8 Å². The molecule has 2 saturated carbocycles. The number of aromatic nitrogens is 2. The van der Waals surface area contributed by atoms with Crippen molar-refractivity contribution in [3.05, 3.63) is 18.5 Å². The van der Waals surface area contributed by atoms with Crippen molar-refractivity contribution in [1.29, 1.82) is 0 Å². The van der Waals surface area contributed by atoms with E-state index >= 15 is 0 Å².